The molecule has 0 atom stereocenters. The van der Waals surface area contributed by atoms with Crippen molar-refractivity contribution in [3.63, 3.8) is 0 Å². The fourth-order valence-electron chi connectivity index (χ4n) is 9.96. The summed E-state index contributed by atoms with van der Waals surface area (Å²) in [6.45, 7) is 21.7. The van der Waals surface area contributed by atoms with E-state index in [1.165, 1.54) is 42.5 Å². The topological polar surface area (TPSA) is 447 Å². The number of halogens is 21. The summed E-state index contributed by atoms with van der Waals surface area (Å²) in [4.78, 5) is 108. The van der Waals surface area contributed by atoms with E-state index in [2.05, 4.69) is 105 Å². The van der Waals surface area contributed by atoms with Gasteiger partial charge in [-0.3, -0.25) is 47.3 Å². The maximum absolute atomic E-state index is 12.7. The van der Waals surface area contributed by atoms with Gasteiger partial charge in [-0.15, -0.1) is 38.7 Å². The monoisotopic (exact) mass is 2150 g/mol. The lowest BCUT2D eigenvalue weighted by molar-refractivity contribution is -0.0572. The molecule has 0 bridgehead atoms. The van der Waals surface area contributed by atoms with Crippen LogP contribution >= 0.6 is 125 Å². The highest BCUT2D eigenvalue weighted by Crippen LogP contribution is 2.43. The molecule has 0 spiro atoms. The third kappa shape index (κ3) is 29.7. The summed E-state index contributed by atoms with van der Waals surface area (Å²) in [6, 6.07) is 13.3. The first-order valence-electron chi connectivity index (χ1n) is 36.3. The molecule has 8 heterocycles. The minimum atomic E-state index is -5.87. The number of nitrogens with one attached hydrogen (secondary N) is 4. The molecule has 130 heavy (non-hydrogen) atoms. The minimum absolute atomic E-state index is 0.0151. The van der Waals surface area contributed by atoms with E-state index in [-0.39, 0.29) is 128 Å². The van der Waals surface area contributed by atoms with Gasteiger partial charge in [-0.05, 0) is 130 Å². The van der Waals surface area contributed by atoms with Crippen LogP contribution in [0.2, 0.25) is 40.4 Å². The summed E-state index contributed by atoms with van der Waals surface area (Å²) >= 11 is 55.7. The van der Waals surface area contributed by atoms with Crippen molar-refractivity contribution < 1.29 is 84.4 Å². The van der Waals surface area contributed by atoms with Gasteiger partial charge in [0.2, 0.25) is 17.6 Å². The smallest absolute Gasteiger partial charge is 0.434 e. The number of aromatic nitrogens is 18. The standard InChI is InChI=1S/C19H22BCl3N2O3.C18H14Cl3F2N5O3.C18H15Cl2F2N5O4.C8H8BrF2N3O2.C6H6BrN3O2.C3H3F5O3S/c1-10(2)12-9-15(24-25-17(12)23)26-16-13(21)7-11(8-14(16)22)20-27-18(3,4)19(5,6)28-20;1-7(2)9-5-13(25-26-16(9)21)31-15-10(19)3-8(4-11(15)20)14-17(29)24-18(30)28(27-14)6-12(22)23;1-7(2)9-5-13(24-25-16(9)28)31-15-10(19)3-8(4-11(15)20)14-17(29)23-18(30)27(26-14)6-12(21)22;1-2-3-13-7(15)6(9)12-14(8(13)16)4-5(10)11;1-2-3-10-5(11)4(7)8-9-6(10)12;4-2(5)1-11-12(9,10)3(6,7)8/h7-10H,1-6H3;3-5,7,12H,6H2,1-2H3,(H,24,29,30);3-5,7,12H,6H2,1-2H3,(H,25,28)(H,23,29,30);2,5H,1,3-4H2;2H,1,3H2,(H,9,12);2H,1H2. The van der Waals surface area contributed by atoms with Crippen molar-refractivity contribution in [2.24, 2.45) is 0 Å². The summed E-state index contributed by atoms with van der Waals surface area (Å²) in [7, 11) is -6.45. The van der Waals surface area contributed by atoms with E-state index in [0.29, 0.717) is 45.8 Å². The van der Waals surface area contributed by atoms with E-state index >= 15 is 0 Å². The molecule has 0 unspecified atom stereocenters. The predicted octanol–water partition coefficient (Wildman–Crippen LogP) is 15.0. The van der Waals surface area contributed by atoms with Crippen LogP contribution in [0.15, 0.2) is 132 Å². The number of hydrogen-bond acceptors (Lipinski definition) is 26. The zero-order chi connectivity index (χ0) is 98.0. The number of nitrogens with zero attached hydrogens (tertiary/aromatic N) is 14. The molecule has 1 saturated heterocycles. The first-order chi connectivity index (χ1) is 60.3. The Morgan fingerprint density at radius 1 is 0.485 bits per heavy atom. The zero-order valence-corrected chi connectivity index (χ0v) is 78.2. The normalized spacial score (nSPS) is 12.8. The summed E-state index contributed by atoms with van der Waals surface area (Å²) in [5, 5.41) is 39.2. The molecule has 10 aromatic rings. The number of ether oxygens (including phenoxy) is 3. The highest BCUT2D eigenvalue weighted by molar-refractivity contribution is 9.10. The van der Waals surface area contributed by atoms with E-state index in [1.807, 2.05) is 79.2 Å². The van der Waals surface area contributed by atoms with Gasteiger partial charge in [0.15, 0.2) is 48.1 Å². The zero-order valence-electron chi connectivity index (χ0n) is 68.2. The SMILES string of the molecule is C=CCn1c(=O)[nH]nc(Br)c1=O.C=CCn1c(=O)c(Br)nn(CC(F)F)c1=O.CC(C)c1cc(Oc2c(Cl)cc(-c3nn(CC(F)F)c(=O)[nH]c3=O)cc2Cl)n[nH]c1=O.CC(C)c1cc(Oc2c(Cl)cc(-c3nn(CC(F)F)c(=O)[nH]c3=O)cc2Cl)nnc1Cl.CC(C)c1cc(Oc2c(Cl)cc(B3OC(C)(C)C(C)(C)O3)cc2Cl)nnc1Cl.O=S(=O)(OCC(F)F)C(F)(F)F. The van der Waals surface area contributed by atoms with Crippen LogP contribution in [0.3, 0.4) is 0 Å². The van der Waals surface area contributed by atoms with Crippen molar-refractivity contribution in [1.29, 1.82) is 0 Å². The van der Waals surface area contributed by atoms with Crippen LogP contribution < -0.4 is 70.2 Å². The Morgan fingerprint density at radius 2 is 0.854 bits per heavy atom. The van der Waals surface area contributed by atoms with Crippen LogP contribution in [-0.2, 0) is 56.3 Å². The summed E-state index contributed by atoms with van der Waals surface area (Å²) in [6.07, 6.45) is -8.89. The summed E-state index contributed by atoms with van der Waals surface area (Å²) < 4.78 is 186. The third-order valence-electron chi connectivity index (χ3n) is 16.9. The lowest BCUT2D eigenvalue weighted by Gasteiger charge is -2.32. The average molecular weight is 2150 g/mol. The van der Waals surface area contributed by atoms with E-state index < -0.39 is 131 Å². The van der Waals surface area contributed by atoms with Crippen molar-refractivity contribution in [3.8, 4) is 57.4 Å². The molecule has 4 N–H and O–H groups in total. The van der Waals surface area contributed by atoms with Gasteiger partial charge in [-0.25, -0.2) is 78.5 Å². The first kappa shape index (κ1) is 109. The van der Waals surface area contributed by atoms with Gasteiger partial charge in [0, 0.05) is 48.0 Å². The Bertz CT molecular complexity index is 6410. The van der Waals surface area contributed by atoms with E-state index in [1.54, 1.807) is 24.3 Å². The van der Waals surface area contributed by atoms with Crippen molar-refractivity contribution >= 4 is 147 Å². The third-order valence-corrected chi connectivity index (χ3v) is 21.2. The fraction of sp³-hybridized carbons (Fsp3) is 0.361. The molecular formula is C72H68BBr2Cl8F11N18O17S. The molecular weight excluding hydrogens is 2080 g/mol. The maximum atomic E-state index is 12.7. The first-order valence-corrected chi connectivity index (χ1v) is 42.3. The summed E-state index contributed by atoms with van der Waals surface area (Å²) in [5.74, 6) is 0.809. The van der Waals surface area contributed by atoms with Crippen molar-refractivity contribution in [3.05, 3.63) is 240 Å². The Kier molecular flexibility index (Phi) is 39.6. The molecule has 1 aliphatic rings. The van der Waals surface area contributed by atoms with Gasteiger partial charge >= 0.3 is 45.5 Å². The van der Waals surface area contributed by atoms with Crippen LogP contribution in [0.1, 0.15) is 104 Å². The molecule has 3 aromatic carbocycles. The Hall–Kier alpha value is -9.58. The predicted molar refractivity (Wildman–Crippen MR) is 465 cm³/mol. The number of allylic oxidation sites excluding steroid dienone is 2. The van der Waals surface area contributed by atoms with Crippen LogP contribution in [-0.4, -0.2) is 154 Å². The van der Waals surface area contributed by atoms with Crippen LogP contribution in [0.25, 0.3) is 22.5 Å². The number of H-pyrrole nitrogens is 4. The average Bonchev–Trinajstić information content (AvgIpc) is 1.52. The van der Waals surface area contributed by atoms with E-state index in [4.69, 9.17) is 116 Å². The molecule has 1 aliphatic heterocycles. The molecule has 0 saturated carbocycles. The van der Waals surface area contributed by atoms with E-state index in [9.17, 15) is 99.9 Å². The molecule has 7 aromatic heterocycles. The Morgan fingerprint density at radius 3 is 1.23 bits per heavy atom. The molecule has 35 nitrogen and oxygen atoms in total. The largest absolute Gasteiger partial charge is 0.523 e. The van der Waals surface area contributed by atoms with Crippen molar-refractivity contribution in [2.75, 3.05) is 6.61 Å². The van der Waals surface area contributed by atoms with Gasteiger partial charge < -0.3 is 23.5 Å². The van der Waals surface area contributed by atoms with Gasteiger partial charge in [0.25, 0.3) is 53.5 Å². The number of alkyl halides is 11. The molecule has 704 valence electrons. The second-order valence-corrected chi connectivity index (χ2v) is 34.1. The van der Waals surface area contributed by atoms with Crippen LogP contribution in [0.5, 0.6) is 34.9 Å². The maximum Gasteiger partial charge on any atom is 0.523 e. The second-order valence-electron chi connectivity index (χ2n) is 27.9. The molecule has 58 heteroatoms. The van der Waals surface area contributed by atoms with Crippen molar-refractivity contribution in [2.45, 2.75) is 162 Å². The number of rotatable bonds is 25. The summed E-state index contributed by atoms with van der Waals surface area (Å²) in [5.41, 5.74) is -11.2. The van der Waals surface area contributed by atoms with E-state index in [0.717, 1.165) is 14.7 Å². The van der Waals surface area contributed by atoms with Gasteiger partial charge in [-0.1, -0.05) is 147 Å². The number of benzene rings is 3. The highest BCUT2D eigenvalue weighted by atomic mass is 79.9. The Labute approximate surface area is 781 Å². The van der Waals surface area contributed by atoms with Crippen molar-refractivity contribution in [1.82, 2.24) is 89.2 Å². The number of hydrogen-bond donors (Lipinski definition) is 4. The minimum Gasteiger partial charge on any atom is -0.434 e. The molecule has 0 amide bonds. The van der Waals surface area contributed by atoms with Gasteiger partial charge in [0.1, 0.15) is 26.2 Å². The van der Waals surface area contributed by atoms with Gasteiger partial charge in [-0.2, -0.15) is 42.0 Å². The quantitative estimate of drug-likeness (QED) is 0.0136. The Balaban J connectivity index is 0.000000250. The molecule has 1 fully saturated rings. The lowest BCUT2D eigenvalue weighted by atomic mass is 9.79. The van der Waals surface area contributed by atoms with Crippen LogP contribution in [0.4, 0.5) is 48.3 Å². The second kappa shape index (κ2) is 47.2. The molecule has 11 rings (SSSR count). The van der Waals surface area contributed by atoms with Crippen LogP contribution in [0, 0.1) is 0 Å². The molecule has 0 aliphatic carbocycles. The fourth-order valence-corrected chi connectivity index (χ4v) is 13.4. The lowest BCUT2D eigenvalue weighted by Crippen LogP contribution is -2.42. The number of aromatic amines is 4. The highest BCUT2D eigenvalue weighted by Gasteiger charge is 2.52. The molecule has 0 radical (unpaired) electrons. The van der Waals surface area contributed by atoms with Gasteiger partial charge in [0.05, 0.1) is 41.3 Å².